The Morgan fingerprint density at radius 2 is 0.672 bits per heavy atom. The number of benzene rings is 11. The van der Waals surface area contributed by atoms with E-state index in [1.807, 2.05) is 18.2 Å². The highest BCUT2D eigenvalue weighted by molar-refractivity contribution is 6.20. The van der Waals surface area contributed by atoms with Crippen molar-refractivity contribution in [2.24, 2.45) is 0 Å². The molecule has 0 fully saturated rings. The fourth-order valence-corrected chi connectivity index (χ4v) is 9.41. The average molecular weight is 813 g/mol. The van der Waals surface area contributed by atoms with E-state index in [1.165, 1.54) is 82.0 Å². The molecule has 2 heteroatoms. The van der Waals surface area contributed by atoms with Gasteiger partial charge in [0.2, 0.25) is 0 Å². The van der Waals surface area contributed by atoms with E-state index in [4.69, 9.17) is 9.97 Å². The largest absolute Gasteiger partial charge is 0.228 e. The first kappa shape index (κ1) is 37.3. The van der Waals surface area contributed by atoms with Gasteiger partial charge in [0.15, 0.2) is 5.82 Å². The lowest BCUT2D eigenvalue weighted by molar-refractivity contribution is 1.18. The van der Waals surface area contributed by atoms with Crippen LogP contribution in [0.3, 0.4) is 0 Å². The smallest absolute Gasteiger partial charge is 0.160 e. The summed E-state index contributed by atoms with van der Waals surface area (Å²) < 4.78 is 0. The summed E-state index contributed by atoms with van der Waals surface area (Å²) >= 11 is 0. The van der Waals surface area contributed by atoms with E-state index in [1.54, 1.807) is 0 Å². The van der Waals surface area contributed by atoms with Crippen LogP contribution >= 0.6 is 0 Å². The van der Waals surface area contributed by atoms with Gasteiger partial charge in [-0.15, -0.1) is 0 Å². The molecule has 0 atom stereocenters. The van der Waals surface area contributed by atoms with E-state index in [0.717, 1.165) is 33.6 Å². The van der Waals surface area contributed by atoms with Crippen LogP contribution in [-0.2, 0) is 0 Å². The van der Waals surface area contributed by atoms with E-state index in [2.05, 4.69) is 224 Å². The van der Waals surface area contributed by atoms with Gasteiger partial charge in [0.05, 0.1) is 11.4 Å². The molecule has 1 aromatic heterocycles. The molecule has 2 nitrogen and oxygen atoms in total. The normalized spacial score (nSPS) is 11.4. The number of nitrogens with zero attached hydrogens (tertiary/aromatic N) is 2. The molecule has 64 heavy (non-hydrogen) atoms. The van der Waals surface area contributed by atoms with Crippen LogP contribution in [0.25, 0.3) is 122 Å². The third-order valence-electron chi connectivity index (χ3n) is 12.7. The summed E-state index contributed by atoms with van der Waals surface area (Å²) in [5, 5.41) is 10.1. The van der Waals surface area contributed by atoms with E-state index < -0.39 is 0 Å². The second kappa shape index (κ2) is 15.8. The maximum absolute atomic E-state index is 5.10. The second-order valence-electron chi connectivity index (χ2n) is 16.5. The zero-order valence-corrected chi connectivity index (χ0v) is 35.0. The second-order valence-corrected chi connectivity index (χ2v) is 16.5. The minimum atomic E-state index is 0.706. The van der Waals surface area contributed by atoms with Gasteiger partial charge in [-0.05, 0) is 99.7 Å². The fourth-order valence-electron chi connectivity index (χ4n) is 9.41. The molecule has 0 N–H and O–H groups in total. The van der Waals surface area contributed by atoms with Crippen molar-refractivity contribution < 1.29 is 0 Å². The average Bonchev–Trinajstić information content (AvgIpc) is 3.38. The summed E-state index contributed by atoms with van der Waals surface area (Å²) in [6.07, 6.45) is 0. The summed E-state index contributed by atoms with van der Waals surface area (Å²) in [6, 6.07) is 87.2. The highest BCUT2D eigenvalue weighted by atomic mass is 14.9. The summed E-state index contributed by atoms with van der Waals surface area (Å²) in [6.45, 7) is 0. The Hall–Kier alpha value is -8.46. The van der Waals surface area contributed by atoms with Gasteiger partial charge in [-0.1, -0.05) is 231 Å². The van der Waals surface area contributed by atoms with Crippen molar-refractivity contribution in [3.63, 3.8) is 0 Å². The van der Waals surface area contributed by atoms with Crippen LogP contribution in [-0.4, -0.2) is 9.97 Å². The lowest BCUT2D eigenvalue weighted by Crippen LogP contribution is -1.96. The van der Waals surface area contributed by atoms with Crippen LogP contribution in [0.5, 0.6) is 0 Å². The number of aromatic nitrogens is 2. The first-order valence-electron chi connectivity index (χ1n) is 21.9. The molecular formula is C62H40N2. The van der Waals surface area contributed by atoms with Crippen LogP contribution in [0, 0.1) is 0 Å². The van der Waals surface area contributed by atoms with Crippen molar-refractivity contribution in [2.45, 2.75) is 0 Å². The highest BCUT2D eigenvalue weighted by Crippen LogP contribution is 2.40. The molecule has 11 aromatic carbocycles. The van der Waals surface area contributed by atoms with Crippen molar-refractivity contribution in [1.82, 2.24) is 9.97 Å². The number of hydrogen-bond donors (Lipinski definition) is 0. The Bertz CT molecular complexity index is 3660. The molecule has 0 spiro atoms. The van der Waals surface area contributed by atoms with E-state index in [9.17, 15) is 0 Å². The third kappa shape index (κ3) is 6.79. The first-order chi connectivity index (χ1) is 31.7. The topological polar surface area (TPSA) is 25.8 Å². The highest BCUT2D eigenvalue weighted by Gasteiger charge is 2.15. The van der Waals surface area contributed by atoms with Crippen LogP contribution in [0.1, 0.15) is 0 Å². The zero-order valence-electron chi connectivity index (χ0n) is 35.0. The predicted octanol–water partition coefficient (Wildman–Crippen LogP) is 16.8. The Morgan fingerprint density at radius 1 is 0.219 bits per heavy atom. The molecule has 298 valence electrons. The maximum atomic E-state index is 5.10. The quantitative estimate of drug-likeness (QED) is 0.118. The first-order valence-corrected chi connectivity index (χ1v) is 21.9. The van der Waals surface area contributed by atoms with E-state index >= 15 is 0 Å². The Labute approximate surface area is 372 Å². The maximum Gasteiger partial charge on any atom is 0.160 e. The van der Waals surface area contributed by atoms with Gasteiger partial charge in [0.1, 0.15) is 0 Å². The molecule has 0 aliphatic rings. The molecule has 0 unspecified atom stereocenters. The third-order valence-corrected chi connectivity index (χ3v) is 12.7. The lowest BCUT2D eigenvalue weighted by Gasteiger charge is -2.14. The van der Waals surface area contributed by atoms with Crippen molar-refractivity contribution in [2.75, 3.05) is 0 Å². The Morgan fingerprint density at radius 3 is 1.28 bits per heavy atom. The minimum absolute atomic E-state index is 0.706. The van der Waals surface area contributed by atoms with Crippen LogP contribution in [0.15, 0.2) is 243 Å². The van der Waals surface area contributed by atoms with Gasteiger partial charge < -0.3 is 0 Å². The molecule has 0 saturated carbocycles. The van der Waals surface area contributed by atoms with Gasteiger partial charge in [0.25, 0.3) is 0 Å². The van der Waals surface area contributed by atoms with Crippen molar-refractivity contribution in [3.05, 3.63) is 243 Å². The van der Waals surface area contributed by atoms with Crippen molar-refractivity contribution in [3.8, 4) is 78.4 Å². The van der Waals surface area contributed by atoms with Crippen molar-refractivity contribution >= 4 is 43.1 Å². The lowest BCUT2D eigenvalue weighted by atomic mass is 9.89. The Kier molecular flexibility index (Phi) is 9.20. The van der Waals surface area contributed by atoms with Gasteiger partial charge in [-0.25, -0.2) is 9.97 Å². The molecule has 1 heterocycles. The molecule has 0 aliphatic heterocycles. The molecule has 12 rings (SSSR count). The van der Waals surface area contributed by atoms with Crippen LogP contribution in [0.4, 0.5) is 0 Å². The summed E-state index contributed by atoms with van der Waals surface area (Å²) in [7, 11) is 0. The van der Waals surface area contributed by atoms with Crippen LogP contribution < -0.4 is 0 Å². The molecule has 0 bridgehead atoms. The number of hydrogen-bond acceptors (Lipinski definition) is 2. The Balaban J connectivity index is 0.829. The number of rotatable bonds is 7. The van der Waals surface area contributed by atoms with Gasteiger partial charge in [-0.3, -0.25) is 0 Å². The minimum Gasteiger partial charge on any atom is -0.228 e. The fraction of sp³-hybridized carbons (Fsp3) is 0. The molecule has 12 aromatic rings. The molecule has 0 radical (unpaired) electrons. The monoisotopic (exact) mass is 812 g/mol. The summed E-state index contributed by atoms with van der Waals surface area (Å²) in [5.41, 5.74) is 14.5. The SMILES string of the molecule is c1ccc(-c2nc(-c3ccc(-c4ccc(-c5ccc(-c6c7ccccc7cc7c6ccc6ccccc67)cc5)cc4)cc3)cc(-c3ccc(-c4cccc5ccccc45)cc3)n2)cc1. The van der Waals surface area contributed by atoms with Gasteiger partial charge >= 0.3 is 0 Å². The van der Waals surface area contributed by atoms with Gasteiger partial charge in [-0.2, -0.15) is 0 Å². The standard InChI is InChI=1S/C62H40N2/c1-2-13-51(14-3-1)62-63-59(40-60(64-62)49-33-29-47(30-34-49)54-20-10-16-45-11-4-7-17-53(45)54)48-31-25-43(26-32-48)41-21-23-42(24-22-41)44-27-35-50(36-28-44)61-56-19-9-6-15-52(56)39-58-55-18-8-5-12-46(55)37-38-57(58)61/h1-40H. The molecule has 0 amide bonds. The van der Waals surface area contributed by atoms with E-state index in [0.29, 0.717) is 5.82 Å². The predicted molar refractivity (Wildman–Crippen MR) is 270 cm³/mol. The summed E-state index contributed by atoms with van der Waals surface area (Å²) in [4.78, 5) is 10.2. The summed E-state index contributed by atoms with van der Waals surface area (Å²) in [5.74, 6) is 0.706. The molecule has 0 saturated heterocycles. The molecular weight excluding hydrogens is 773 g/mol. The van der Waals surface area contributed by atoms with Crippen molar-refractivity contribution in [1.29, 1.82) is 0 Å². The molecule has 0 aliphatic carbocycles. The van der Waals surface area contributed by atoms with E-state index in [-0.39, 0.29) is 0 Å². The van der Waals surface area contributed by atoms with Gasteiger partial charge in [0, 0.05) is 16.7 Å². The number of fused-ring (bicyclic) bond motifs is 5. The van der Waals surface area contributed by atoms with Crippen LogP contribution in [0.2, 0.25) is 0 Å². The zero-order chi connectivity index (χ0) is 42.4.